The lowest BCUT2D eigenvalue weighted by Crippen LogP contribution is -1.88. The maximum atomic E-state index is 10.9. The Balaban J connectivity index is 2.35. The number of hydrogen-bond acceptors (Lipinski definition) is 1. The molecule has 0 saturated heterocycles. The van der Waals surface area contributed by atoms with Crippen molar-refractivity contribution in [3.05, 3.63) is 47.5 Å². The largest absolute Gasteiger partial charge is 0.298 e. The molecule has 2 aromatic rings. The van der Waals surface area contributed by atoms with Crippen LogP contribution in [0.2, 0.25) is 0 Å². The van der Waals surface area contributed by atoms with Gasteiger partial charge in [0, 0.05) is 5.56 Å². The van der Waals surface area contributed by atoms with Crippen LogP contribution in [0.1, 0.15) is 34.7 Å². The Kier molecular flexibility index (Phi) is 1.84. The molecule has 1 heteroatoms. The van der Waals surface area contributed by atoms with Crippen molar-refractivity contribution in [2.45, 2.75) is 18.8 Å². The molecule has 0 radical (unpaired) electrons. The zero-order valence-corrected chi connectivity index (χ0v) is 8.44. The molecule has 0 aromatic heterocycles. The second-order valence-electron chi connectivity index (χ2n) is 4.18. The molecule has 1 nitrogen and oxygen atoms in total. The lowest BCUT2D eigenvalue weighted by Gasteiger charge is -2.06. The number of rotatable bonds is 2. The van der Waals surface area contributed by atoms with Crippen LogP contribution in [-0.4, -0.2) is 6.29 Å². The Morgan fingerprint density at radius 3 is 2.40 bits per heavy atom. The van der Waals surface area contributed by atoms with Crippen LogP contribution in [0.3, 0.4) is 0 Å². The van der Waals surface area contributed by atoms with Gasteiger partial charge in [-0.2, -0.15) is 0 Å². The molecule has 3 rings (SSSR count). The molecule has 0 aliphatic heterocycles. The standard InChI is InChI=1S/C14H12O/c15-9-11-7-8-13(10-5-6-10)14-4-2-1-3-12(11)14/h1-4,7-10H,5-6H2. The quantitative estimate of drug-likeness (QED) is 0.671. The van der Waals surface area contributed by atoms with E-state index in [2.05, 4.69) is 12.1 Å². The highest BCUT2D eigenvalue weighted by atomic mass is 16.1. The van der Waals surface area contributed by atoms with Crippen LogP contribution in [0.15, 0.2) is 36.4 Å². The highest BCUT2D eigenvalue weighted by Crippen LogP contribution is 2.43. The van der Waals surface area contributed by atoms with Crippen LogP contribution < -0.4 is 0 Å². The van der Waals surface area contributed by atoms with Gasteiger partial charge in [-0.15, -0.1) is 0 Å². The number of benzene rings is 2. The molecule has 1 aliphatic carbocycles. The predicted molar refractivity (Wildman–Crippen MR) is 61.3 cm³/mol. The molecule has 1 aliphatic rings. The van der Waals surface area contributed by atoms with E-state index in [1.165, 1.54) is 23.8 Å². The number of aldehydes is 1. The summed E-state index contributed by atoms with van der Waals surface area (Å²) in [6, 6.07) is 12.3. The highest BCUT2D eigenvalue weighted by Gasteiger charge is 2.25. The van der Waals surface area contributed by atoms with E-state index in [0.29, 0.717) is 0 Å². The van der Waals surface area contributed by atoms with Crippen molar-refractivity contribution < 1.29 is 4.79 Å². The normalized spacial score (nSPS) is 15.5. The topological polar surface area (TPSA) is 17.1 Å². The molecule has 0 bridgehead atoms. The van der Waals surface area contributed by atoms with Gasteiger partial charge in [0.1, 0.15) is 0 Å². The van der Waals surface area contributed by atoms with Gasteiger partial charge >= 0.3 is 0 Å². The van der Waals surface area contributed by atoms with Crippen molar-refractivity contribution in [2.75, 3.05) is 0 Å². The summed E-state index contributed by atoms with van der Waals surface area (Å²) < 4.78 is 0. The van der Waals surface area contributed by atoms with Crippen molar-refractivity contribution in [2.24, 2.45) is 0 Å². The SMILES string of the molecule is O=Cc1ccc(C2CC2)c2ccccc12. The van der Waals surface area contributed by atoms with E-state index in [9.17, 15) is 4.79 Å². The fourth-order valence-corrected chi connectivity index (χ4v) is 2.20. The third-order valence-corrected chi connectivity index (χ3v) is 3.14. The minimum absolute atomic E-state index is 0.732. The number of fused-ring (bicyclic) bond motifs is 1. The van der Waals surface area contributed by atoms with E-state index < -0.39 is 0 Å². The number of carbonyl (C=O) groups excluding carboxylic acids is 1. The predicted octanol–water partition coefficient (Wildman–Crippen LogP) is 3.53. The fourth-order valence-electron chi connectivity index (χ4n) is 2.20. The van der Waals surface area contributed by atoms with Crippen molar-refractivity contribution in [1.29, 1.82) is 0 Å². The third kappa shape index (κ3) is 1.35. The molecule has 0 atom stereocenters. The Morgan fingerprint density at radius 1 is 1.00 bits per heavy atom. The lowest BCUT2D eigenvalue weighted by molar-refractivity contribution is 0.112. The summed E-state index contributed by atoms with van der Waals surface area (Å²) in [5, 5.41) is 2.35. The van der Waals surface area contributed by atoms with Gasteiger partial charge in [0.2, 0.25) is 0 Å². The Labute approximate surface area is 88.7 Å². The van der Waals surface area contributed by atoms with E-state index in [4.69, 9.17) is 0 Å². The van der Waals surface area contributed by atoms with Gasteiger partial charge in [-0.25, -0.2) is 0 Å². The summed E-state index contributed by atoms with van der Waals surface area (Å²) in [5.74, 6) is 0.732. The van der Waals surface area contributed by atoms with Gasteiger partial charge in [0.15, 0.2) is 6.29 Å². The van der Waals surface area contributed by atoms with Gasteiger partial charge in [-0.3, -0.25) is 4.79 Å². The summed E-state index contributed by atoms with van der Waals surface area (Å²) in [5.41, 5.74) is 2.21. The average Bonchev–Trinajstić information content (AvgIpc) is 3.11. The fraction of sp³-hybridized carbons (Fsp3) is 0.214. The summed E-state index contributed by atoms with van der Waals surface area (Å²) >= 11 is 0. The Bertz CT molecular complexity index is 524. The van der Waals surface area contributed by atoms with Gasteiger partial charge in [0.05, 0.1) is 0 Å². The molecule has 0 heterocycles. The van der Waals surface area contributed by atoms with Crippen LogP contribution >= 0.6 is 0 Å². The van der Waals surface area contributed by atoms with E-state index in [1.807, 2.05) is 24.3 Å². The smallest absolute Gasteiger partial charge is 0.150 e. The maximum absolute atomic E-state index is 10.9. The van der Waals surface area contributed by atoms with Crippen LogP contribution in [0.25, 0.3) is 10.8 Å². The summed E-state index contributed by atoms with van der Waals surface area (Å²) in [4.78, 5) is 10.9. The lowest BCUT2D eigenvalue weighted by atomic mass is 9.97. The van der Waals surface area contributed by atoms with Crippen LogP contribution in [-0.2, 0) is 0 Å². The van der Waals surface area contributed by atoms with E-state index >= 15 is 0 Å². The highest BCUT2D eigenvalue weighted by molar-refractivity contribution is 5.99. The van der Waals surface area contributed by atoms with Gasteiger partial charge in [-0.1, -0.05) is 36.4 Å². The minimum atomic E-state index is 0.732. The van der Waals surface area contributed by atoms with Crippen molar-refractivity contribution in [1.82, 2.24) is 0 Å². The Hall–Kier alpha value is -1.63. The first-order chi connectivity index (χ1) is 7.40. The zero-order valence-electron chi connectivity index (χ0n) is 8.44. The van der Waals surface area contributed by atoms with Crippen molar-refractivity contribution >= 4 is 17.1 Å². The minimum Gasteiger partial charge on any atom is -0.298 e. The molecule has 15 heavy (non-hydrogen) atoms. The molecule has 0 N–H and O–H groups in total. The number of carbonyl (C=O) groups is 1. The second kappa shape index (κ2) is 3.20. The monoisotopic (exact) mass is 196 g/mol. The molecule has 1 fully saturated rings. The molecular weight excluding hydrogens is 184 g/mol. The molecule has 0 amide bonds. The van der Waals surface area contributed by atoms with Crippen LogP contribution in [0.5, 0.6) is 0 Å². The van der Waals surface area contributed by atoms with Gasteiger partial charge in [0.25, 0.3) is 0 Å². The number of hydrogen-bond donors (Lipinski definition) is 0. The zero-order chi connectivity index (χ0) is 10.3. The first-order valence-corrected chi connectivity index (χ1v) is 5.37. The second-order valence-corrected chi connectivity index (χ2v) is 4.18. The molecule has 1 saturated carbocycles. The van der Waals surface area contributed by atoms with Crippen molar-refractivity contribution in [3.63, 3.8) is 0 Å². The summed E-state index contributed by atoms with van der Waals surface area (Å²) in [6.45, 7) is 0. The third-order valence-electron chi connectivity index (χ3n) is 3.14. The van der Waals surface area contributed by atoms with E-state index in [-0.39, 0.29) is 0 Å². The van der Waals surface area contributed by atoms with Crippen LogP contribution in [0.4, 0.5) is 0 Å². The van der Waals surface area contributed by atoms with Gasteiger partial charge < -0.3 is 0 Å². The summed E-state index contributed by atoms with van der Waals surface area (Å²) in [6.07, 6.45) is 3.54. The molecule has 74 valence electrons. The average molecular weight is 196 g/mol. The van der Waals surface area contributed by atoms with Crippen LogP contribution in [0, 0.1) is 0 Å². The Morgan fingerprint density at radius 2 is 1.73 bits per heavy atom. The van der Waals surface area contributed by atoms with Crippen molar-refractivity contribution in [3.8, 4) is 0 Å². The van der Waals surface area contributed by atoms with E-state index in [1.54, 1.807) is 0 Å². The first kappa shape index (κ1) is 8.66. The summed E-state index contributed by atoms with van der Waals surface area (Å²) in [7, 11) is 0. The van der Waals surface area contributed by atoms with E-state index in [0.717, 1.165) is 23.2 Å². The molecular formula is C14H12O. The molecule has 0 unspecified atom stereocenters. The maximum Gasteiger partial charge on any atom is 0.150 e. The van der Waals surface area contributed by atoms with Gasteiger partial charge in [-0.05, 0) is 35.1 Å². The molecule has 2 aromatic carbocycles. The molecule has 0 spiro atoms. The first-order valence-electron chi connectivity index (χ1n) is 5.37.